The van der Waals surface area contributed by atoms with Gasteiger partial charge in [0.1, 0.15) is 11.6 Å². The third-order valence-electron chi connectivity index (χ3n) is 1.87. The van der Waals surface area contributed by atoms with E-state index in [1.54, 1.807) is 0 Å². The second-order valence-corrected chi connectivity index (χ2v) is 3.23. The minimum Gasteiger partial charge on any atom is -0.396 e. The lowest BCUT2D eigenvalue weighted by Gasteiger charge is -2.08. The van der Waals surface area contributed by atoms with Gasteiger partial charge >= 0.3 is 6.03 Å². The average molecular weight is 229 g/mol. The molecule has 0 aliphatic carbocycles. The summed E-state index contributed by atoms with van der Waals surface area (Å²) in [6.45, 7) is 2.36. The first-order chi connectivity index (χ1) is 7.54. The molecule has 4 nitrogen and oxygen atoms in total. The van der Waals surface area contributed by atoms with Gasteiger partial charge in [-0.3, -0.25) is 0 Å². The van der Waals surface area contributed by atoms with Crippen molar-refractivity contribution in [2.24, 2.45) is 0 Å². The van der Waals surface area contributed by atoms with Crippen LogP contribution in [0.15, 0.2) is 12.1 Å². The maximum atomic E-state index is 13.2. The summed E-state index contributed by atoms with van der Waals surface area (Å²) in [5.74, 6) is -1.71. The lowest BCUT2D eigenvalue weighted by atomic mass is 10.2. The molecule has 0 heterocycles. The van der Waals surface area contributed by atoms with Gasteiger partial charge in [0.05, 0.1) is 11.4 Å². The van der Waals surface area contributed by atoms with Crippen LogP contribution in [0.25, 0.3) is 0 Å². The number of nitrogens with one attached hydrogen (secondary N) is 2. The van der Waals surface area contributed by atoms with Crippen LogP contribution < -0.4 is 16.4 Å². The summed E-state index contributed by atoms with van der Waals surface area (Å²) in [5.41, 5.74) is 4.89. The molecule has 88 valence electrons. The number of anilines is 2. The van der Waals surface area contributed by atoms with E-state index in [9.17, 15) is 13.6 Å². The fourth-order valence-electron chi connectivity index (χ4n) is 1.07. The number of hydrogen-bond donors (Lipinski definition) is 3. The largest absolute Gasteiger partial charge is 0.396 e. The van der Waals surface area contributed by atoms with Gasteiger partial charge in [-0.2, -0.15) is 0 Å². The molecule has 2 amide bonds. The number of carbonyl (C=O) groups is 1. The number of nitrogen functional groups attached to an aromatic ring is 1. The molecule has 0 spiro atoms. The number of urea groups is 1. The topological polar surface area (TPSA) is 67.2 Å². The molecule has 6 heteroatoms. The summed E-state index contributed by atoms with van der Waals surface area (Å²) in [4.78, 5) is 11.2. The first-order valence-electron chi connectivity index (χ1n) is 4.84. The highest BCUT2D eigenvalue weighted by Crippen LogP contribution is 2.20. The van der Waals surface area contributed by atoms with Crippen LogP contribution in [0, 0.1) is 11.6 Å². The highest BCUT2D eigenvalue weighted by molar-refractivity contribution is 5.89. The summed E-state index contributed by atoms with van der Waals surface area (Å²) in [5, 5.41) is 4.73. The molecule has 0 radical (unpaired) electrons. The number of rotatable bonds is 3. The first-order valence-corrected chi connectivity index (χ1v) is 4.84. The van der Waals surface area contributed by atoms with Gasteiger partial charge in [-0.1, -0.05) is 6.92 Å². The van der Waals surface area contributed by atoms with Crippen molar-refractivity contribution in [2.45, 2.75) is 13.3 Å². The Balaban J connectivity index is 2.73. The molecule has 0 saturated carbocycles. The van der Waals surface area contributed by atoms with Gasteiger partial charge < -0.3 is 16.4 Å². The molecule has 1 aromatic carbocycles. The number of nitrogens with two attached hydrogens (primary N) is 1. The molecule has 0 saturated heterocycles. The van der Waals surface area contributed by atoms with E-state index in [4.69, 9.17) is 5.73 Å². The maximum Gasteiger partial charge on any atom is 0.319 e. The molecule has 4 N–H and O–H groups in total. The maximum absolute atomic E-state index is 13.2. The second-order valence-electron chi connectivity index (χ2n) is 3.23. The van der Waals surface area contributed by atoms with E-state index in [-0.39, 0.29) is 11.4 Å². The van der Waals surface area contributed by atoms with Crippen LogP contribution in [-0.4, -0.2) is 12.6 Å². The van der Waals surface area contributed by atoms with E-state index in [1.807, 2.05) is 6.92 Å². The predicted octanol–water partition coefficient (Wildman–Crippen LogP) is 2.08. The molecule has 0 aromatic heterocycles. The Bertz CT molecular complexity index is 396. The number of benzene rings is 1. The normalized spacial score (nSPS) is 9.94. The lowest BCUT2D eigenvalue weighted by Crippen LogP contribution is -2.29. The van der Waals surface area contributed by atoms with Crippen molar-refractivity contribution >= 4 is 17.4 Å². The van der Waals surface area contributed by atoms with Crippen LogP contribution in [0.2, 0.25) is 0 Å². The highest BCUT2D eigenvalue weighted by Gasteiger charge is 2.10. The van der Waals surface area contributed by atoms with Crippen LogP contribution in [-0.2, 0) is 0 Å². The van der Waals surface area contributed by atoms with Gasteiger partial charge in [0.2, 0.25) is 0 Å². The Morgan fingerprint density at radius 1 is 1.38 bits per heavy atom. The van der Waals surface area contributed by atoms with Crippen molar-refractivity contribution in [1.29, 1.82) is 0 Å². The van der Waals surface area contributed by atoms with Crippen molar-refractivity contribution < 1.29 is 13.6 Å². The van der Waals surface area contributed by atoms with Gasteiger partial charge in [-0.05, 0) is 12.5 Å². The lowest BCUT2D eigenvalue weighted by molar-refractivity contribution is 0.252. The van der Waals surface area contributed by atoms with Crippen molar-refractivity contribution in [3.63, 3.8) is 0 Å². The Hall–Kier alpha value is -1.85. The van der Waals surface area contributed by atoms with Gasteiger partial charge in [0.25, 0.3) is 0 Å². The Labute approximate surface area is 91.8 Å². The van der Waals surface area contributed by atoms with E-state index in [2.05, 4.69) is 10.6 Å². The van der Waals surface area contributed by atoms with Gasteiger partial charge in [-0.15, -0.1) is 0 Å². The molecule has 0 bridgehead atoms. The summed E-state index contributed by atoms with van der Waals surface area (Å²) < 4.78 is 26.0. The van der Waals surface area contributed by atoms with Crippen molar-refractivity contribution in [1.82, 2.24) is 5.32 Å². The summed E-state index contributed by atoms with van der Waals surface area (Å²) in [6.07, 6.45) is 0.765. The van der Waals surface area contributed by atoms with E-state index in [1.165, 1.54) is 0 Å². The Kier molecular flexibility index (Phi) is 4.04. The quantitative estimate of drug-likeness (QED) is 0.694. The zero-order valence-electron chi connectivity index (χ0n) is 8.81. The number of hydrogen-bond acceptors (Lipinski definition) is 2. The Morgan fingerprint density at radius 3 is 2.69 bits per heavy atom. The number of halogens is 2. The molecule has 0 unspecified atom stereocenters. The molecule has 1 aromatic rings. The highest BCUT2D eigenvalue weighted by atomic mass is 19.1. The molecule has 1 rings (SSSR count). The molecule has 0 fully saturated rings. The molecule has 0 aliphatic heterocycles. The number of carbonyl (C=O) groups excluding carboxylic acids is 1. The zero-order chi connectivity index (χ0) is 12.1. The standard InChI is InChI=1S/C10H13F2N3O/c1-2-3-14-10(16)15-9-5-8(13)6(11)4-7(9)12/h4-5H,2-3,13H2,1H3,(H2,14,15,16). The smallest absolute Gasteiger partial charge is 0.319 e. The minimum atomic E-state index is -0.863. The van der Waals surface area contributed by atoms with Gasteiger partial charge in [0.15, 0.2) is 0 Å². The van der Waals surface area contributed by atoms with Crippen LogP contribution in [0.1, 0.15) is 13.3 Å². The van der Waals surface area contributed by atoms with Crippen LogP contribution in [0.3, 0.4) is 0 Å². The van der Waals surface area contributed by atoms with Crippen LogP contribution in [0.4, 0.5) is 25.0 Å². The summed E-state index contributed by atoms with van der Waals surface area (Å²) in [6, 6.07) is 1.12. The van der Waals surface area contributed by atoms with E-state index < -0.39 is 17.7 Å². The van der Waals surface area contributed by atoms with Gasteiger partial charge in [0, 0.05) is 12.6 Å². The van der Waals surface area contributed by atoms with Crippen LogP contribution in [0.5, 0.6) is 0 Å². The third-order valence-corrected chi connectivity index (χ3v) is 1.87. The summed E-state index contributed by atoms with van der Waals surface area (Å²) >= 11 is 0. The molecular weight excluding hydrogens is 216 g/mol. The number of amides is 2. The van der Waals surface area contributed by atoms with Crippen molar-refractivity contribution in [2.75, 3.05) is 17.6 Å². The molecule has 0 aliphatic rings. The minimum absolute atomic E-state index is 0.146. The zero-order valence-corrected chi connectivity index (χ0v) is 8.81. The van der Waals surface area contributed by atoms with E-state index in [0.717, 1.165) is 12.5 Å². The van der Waals surface area contributed by atoms with E-state index >= 15 is 0 Å². The molecule has 16 heavy (non-hydrogen) atoms. The average Bonchev–Trinajstić information content (AvgIpc) is 2.23. The predicted molar refractivity (Wildman–Crippen MR) is 58.1 cm³/mol. The SMILES string of the molecule is CCCNC(=O)Nc1cc(N)c(F)cc1F. The van der Waals surface area contributed by atoms with Crippen LogP contribution >= 0.6 is 0 Å². The Morgan fingerprint density at radius 2 is 2.06 bits per heavy atom. The fraction of sp³-hybridized carbons (Fsp3) is 0.300. The van der Waals surface area contributed by atoms with Crippen molar-refractivity contribution in [3.05, 3.63) is 23.8 Å². The summed E-state index contributed by atoms with van der Waals surface area (Å²) in [7, 11) is 0. The fourth-order valence-corrected chi connectivity index (χ4v) is 1.07. The third kappa shape index (κ3) is 3.08. The monoisotopic (exact) mass is 229 g/mol. The molecular formula is C10H13F2N3O. The molecule has 0 atom stereocenters. The second kappa shape index (κ2) is 5.29. The van der Waals surface area contributed by atoms with Gasteiger partial charge in [-0.25, -0.2) is 13.6 Å². The van der Waals surface area contributed by atoms with E-state index in [0.29, 0.717) is 12.6 Å². The first kappa shape index (κ1) is 12.2. The van der Waals surface area contributed by atoms with Crippen molar-refractivity contribution in [3.8, 4) is 0 Å².